The predicted octanol–water partition coefficient (Wildman–Crippen LogP) is 1.15. The van der Waals surface area contributed by atoms with Gasteiger partial charge in [0, 0.05) is 11.9 Å². The first-order chi connectivity index (χ1) is 6.56. The molecule has 0 unspecified atom stereocenters. The number of nitrogens with two attached hydrogens (primary N) is 1. The van der Waals surface area contributed by atoms with E-state index in [1.54, 1.807) is 11.8 Å². The average Bonchev–Trinajstić information content (AvgIpc) is 2.53. The molecule has 2 N–H and O–H groups in total. The summed E-state index contributed by atoms with van der Waals surface area (Å²) >= 11 is 1.47. The van der Waals surface area contributed by atoms with Gasteiger partial charge in [0.2, 0.25) is 5.91 Å². The number of hydrogen-bond acceptors (Lipinski definition) is 4. The van der Waals surface area contributed by atoms with Crippen LogP contribution in [0.4, 0.5) is 5.13 Å². The molecule has 0 radical (unpaired) electrons. The van der Waals surface area contributed by atoms with E-state index in [1.807, 2.05) is 19.2 Å². The van der Waals surface area contributed by atoms with Crippen molar-refractivity contribution in [1.82, 2.24) is 4.98 Å². The Hall–Kier alpha value is -0.940. The summed E-state index contributed by atoms with van der Waals surface area (Å²) in [6, 6.07) is -0.473. The van der Waals surface area contributed by atoms with Crippen LogP contribution >= 0.6 is 11.3 Å². The van der Waals surface area contributed by atoms with Crippen molar-refractivity contribution < 1.29 is 4.79 Å². The molecule has 1 heterocycles. The molecule has 1 amide bonds. The van der Waals surface area contributed by atoms with Gasteiger partial charge in [-0.15, -0.1) is 11.3 Å². The minimum Gasteiger partial charge on any atom is -0.320 e. The van der Waals surface area contributed by atoms with E-state index in [9.17, 15) is 4.79 Å². The Kier molecular flexibility index (Phi) is 3.60. The second kappa shape index (κ2) is 4.52. The van der Waals surface area contributed by atoms with Crippen molar-refractivity contribution in [3.05, 3.63) is 11.1 Å². The summed E-state index contributed by atoms with van der Waals surface area (Å²) in [6.07, 6.45) is 0. The molecule has 0 aliphatic rings. The standard InChI is InChI=1S/C9H15N3OS/c1-4-12(8(13)7(3)10)9-11-6(2)5-14-9/h5,7H,4,10H2,1-3H3/t7-/m1/s1. The minimum absolute atomic E-state index is 0.0816. The van der Waals surface area contributed by atoms with E-state index in [2.05, 4.69) is 4.98 Å². The highest BCUT2D eigenvalue weighted by molar-refractivity contribution is 7.14. The fourth-order valence-electron chi connectivity index (χ4n) is 1.10. The van der Waals surface area contributed by atoms with Crippen LogP contribution in [0.2, 0.25) is 0 Å². The van der Waals surface area contributed by atoms with Gasteiger partial charge in [0.25, 0.3) is 0 Å². The van der Waals surface area contributed by atoms with Crippen LogP contribution in [-0.4, -0.2) is 23.5 Å². The number of hydrogen-bond donors (Lipinski definition) is 1. The maximum Gasteiger partial charge on any atom is 0.245 e. The van der Waals surface area contributed by atoms with Gasteiger partial charge in [-0.25, -0.2) is 4.98 Å². The number of likely N-dealkylation sites (N-methyl/N-ethyl adjacent to an activating group) is 1. The van der Waals surface area contributed by atoms with Crippen molar-refractivity contribution >= 4 is 22.4 Å². The number of aryl methyl sites for hydroxylation is 1. The quantitative estimate of drug-likeness (QED) is 0.819. The fourth-order valence-corrected chi connectivity index (χ4v) is 1.97. The Bertz CT molecular complexity index is 322. The lowest BCUT2D eigenvalue weighted by molar-refractivity contribution is -0.119. The maximum absolute atomic E-state index is 11.7. The van der Waals surface area contributed by atoms with Gasteiger partial charge in [-0.1, -0.05) is 0 Å². The maximum atomic E-state index is 11.7. The molecule has 1 rings (SSSR count). The van der Waals surface area contributed by atoms with Crippen LogP contribution in [0, 0.1) is 6.92 Å². The molecular formula is C9H15N3OS. The van der Waals surface area contributed by atoms with Gasteiger partial charge in [-0.3, -0.25) is 9.69 Å². The summed E-state index contributed by atoms with van der Waals surface area (Å²) in [4.78, 5) is 17.5. The number of amides is 1. The molecule has 78 valence electrons. The van der Waals surface area contributed by atoms with Crippen molar-refractivity contribution in [1.29, 1.82) is 0 Å². The van der Waals surface area contributed by atoms with Gasteiger partial charge in [-0.05, 0) is 20.8 Å². The third-order valence-corrected chi connectivity index (χ3v) is 2.79. The summed E-state index contributed by atoms with van der Waals surface area (Å²) in [5.41, 5.74) is 6.47. The first kappa shape index (κ1) is 11.1. The van der Waals surface area contributed by atoms with E-state index in [4.69, 9.17) is 5.73 Å². The zero-order valence-electron chi connectivity index (χ0n) is 8.65. The topological polar surface area (TPSA) is 59.2 Å². The van der Waals surface area contributed by atoms with Crippen molar-refractivity contribution in [2.45, 2.75) is 26.8 Å². The monoisotopic (exact) mass is 213 g/mol. The molecule has 5 heteroatoms. The summed E-state index contributed by atoms with van der Waals surface area (Å²) < 4.78 is 0. The second-order valence-electron chi connectivity index (χ2n) is 3.14. The van der Waals surface area contributed by atoms with Crippen LogP contribution in [0.15, 0.2) is 5.38 Å². The van der Waals surface area contributed by atoms with Crippen molar-refractivity contribution in [3.8, 4) is 0 Å². The average molecular weight is 213 g/mol. The lowest BCUT2D eigenvalue weighted by Crippen LogP contribution is -2.42. The van der Waals surface area contributed by atoms with Crippen LogP contribution in [0.25, 0.3) is 0 Å². The number of anilines is 1. The smallest absolute Gasteiger partial charge is 0.245 e. The lowest BCUT2D eigenvalue weighted by atomic mass is 10.3. The van der Waals surface area contributed by atoms with Crippen LogP contribution in [0.5, 0.6) is 0 Å². The largest absolute Gasteiger partial charge is 0.320 e. The second-order valence-corrected chi connectivity index (χ2v) is 3.98. The molecule has 0 spiro atoms. The zero-order valence-corrected chi connectivity index (χ0v) is 9.47. The van der Waals surface area contributed by atoms with Crippen LogP contribution < -0.4 is 10.6 Å². The highest BCUT2D eigenvalue weighted by Gasteiger charge is 2.19. The molecule has 0 fully saturated rings. The van der Waals surface area contributed by atoms with Crippen molar-refractivity contribution in [2.75, 3.05) is 11.4 Å². The first-order valence-electron chi connectivity index (χ1n) is 4.55. The third-order valence-electron chi connectivity index (χ3n) is 1.81. The van der Waals surface area contributed by atoms with Crippen LogP contribution in [0.1, 0.15) is 19.5 Å². The number of carbonyl (C=O) groups excluding carboxylic acids is 1. The SMILES string of the molecule is CCN(C(=O)[C@@H](C)N)c1nc(C)cs1. The first-order valence-corrected chi connectivity index (χ1v) is 5.43. The van der Waals surface area contributed by atoms with Crippen LogP contribution in [-0.2, 0) is 4.79 Å². The third kappa shape index (κ3) is 2.30. The van der Waals surface area contributed by atoms with E-state index in [0.717, 1.165) is 10.8 Å². The Balaban J connectivity index is 2.87. The molecule has 0 aliphatic carbocycles. The molecule has 0 saturated carbocycles. The molecule has 14 heavy (non-hydrogen) atoms. The van der Waals surface area contributed by atoms with E-state index >= 15 is 0 Å². The molecule has 1 atom stereocenters. The Morgan fingerprint density at radius 2 is 2.43 bits per heavy atom. The van der Waals surface area contributed by atoms with Gasteiger partial charge in [0.15, 0.2) is 5.13 Å². The van der Waals surface area contributed by atoms with Crippen molar-refractivity contribution in [3.63, 3.8) is 0 Å². The highest BCUT2D eigenvalue weighted by atomic mass is 32.1. The van der Waals surface area contributed by atoms with Crippen LogP contribution in [0.3, 0.4) is 0 Å². The molecule has 1 aromatic rings. The number of aromatic nitrogens is 1. The summed E-state index contributed by atoms with van der Waals surface area (Å²) in [6.45, 7) is 6.11. The summed E-state index contributed by atoms with van der Waals surface area (Å²) in [5.74, 6) is -0.0816. The predicted molar refractivity (Wildman–Crippen MR) is 58.5 cm³/mol. The lowest BCUT2D eigenvalue weighted by Gasteiger charge is -2.19. The minimum atomic E-state index is -0.473. The number of nitrogens with zero attached hydrogens (tertiary/aromatic N) is 2. The normalized spacial score (nSPS) is 12.6. The van der Waals surface area contributed by atoms with Gasteiger partial charge in [0.05, 0.1) is 11.7 Å². The number of rotatable bonds is 3. The molecule has 4 nitrogen and oxygen atoms in total. The molecule has 0 aromatic carbocycles. The van der Waals surface area contributed by atoms with Gasteiger partial charge in [-0.2, -0.15) is 0 Å². The van der Waals surface area contributed by atoms with Gasteiger partial charge >= 0.3 is 0 Å². The fraction of sp³-hybridized carbons (Fsp3) is 0.556. The van der Waals surface area contributed by atoms with E-state index in [0.29, 0.717) is 6.54 Å². The van der Waals surface area contributed by atoms with E-state index in [-0.39, 0.29) is 5.91 Å². The number of carbonyl (C=O) groups is 1. The summed E-state index contributed by atoms with van der Waals surface area (Å²) in [7, 11) is 0. The van der Waals surface area contributed by atoms with E-state index in [1.165, 1.54) is 11.3 Å². The van der Waals surface area contributed by atoms with Gasteiger partial charge < -0.3 is 5.73 Å². The molecule has 0 aliphatic heterocycles. The molecular weight excluding hydrogens is 198 g/mol. The Morgan fingerprint density at radius 3 is 2.79 bits per heavy atom. The molecule has 1 aromatic heterocycles. The Morgan fingerprint density at radius 1 is 1.79 bits per heavy atom. The molecule has 0 saturated heterocycles. The van der Waals surface area contributed by atoms with E-state index < -0.39 is 6.04 Å². The highest BCUT2D eigenvalue weighted by Crippen LogP contribution is 2.20. The van der Waals surface area contributed by atoms with Crippen molar-refractivity contribution in [2.24, 2.45) is 5.73 Å². The number of thiazole rings is 1. The molecule has 0 bridgehead atoms. The zero-order chi connectivity index (χ0) is 10.7. The summed E-state index contributed by atoms with van der Waals surface area (Å²) in [5, 5.41) is 2.65. The van der Waals surface area contributed by atoms with Gasteiger partial charge in [0.1, 0.15) is 0 Å². The Labute approximate surface area is 87.7 Å².